The molecule has 0 radical (unpaired) electrons. The highest BCUT2D eigenvalue weighted by atomic mass is 16.4. The van der Waals surface area contributed by atoms with E-state index in [-0.39, 0.29) is 18.4 Å². The fourth-order valence-electron chi connectivity index (χ4n) is 2.99. The number of carboxylic acids is 1. The van der Waals surface area contributed by atoms with Crippen LogP contribution in [0.15, 0.2) is 0 Å². The van der Waals surface area contributed by atoms with E-state index < -0.39 is 42.0 Å². The van der Waals surface area contributed by atoms with Gasteiger partial charge in [0.2, 0.25) is 17.7 Å². The summed E-state index contributed by atoms with van der Waals surface area (Å²) in [5.41, 5.74) is 5.46. The van der Waals surface area contributed by atoms with Gasteiger partial charge in [-0.15, -0.1) is 0 Å². The molecule has 29 heavy (non-hydrogen) atoms. The first-order valence-electron chi connectivity index (χ1n) is 9.92. The van der Waals surface area contributed by atoms with Crippen molar-refractivity contribution in [2.45, 2.75) is 76.2 Å². The van der Waals surface area contributed by atoms with E-state index in [1.807, 2.05) is 0 Å². The third-order valence-corrected chi connectivity index (χ3v) is 4.75. The van der Waals surface area contributed by atoms with Gasteiger partial charge in [0.15, 0.2) is 6.04 Å². The van der Waals surface area contributed by atoms with E-state index in [2.05, 4.69) is 21.3 Å². The first-order chi connectivity index (χ1) is 13.7. The van der Waals surface area contributed by atoms with Crippen LogP contribution in [0.25, 0.3) is 0 Å². The monoisotopic (exact) mass is 415 g/mol. The maximum atomic E-state index is 12.5. The number of unbranched alkanes of at least 4 members (excludes halogenated alkanes) is 1. The van der Waals surface area contributed by atoms with E-state index in [4.69, 9.17) is 10.8 Å². The minimum absolute atomic E-state index is 0.242. The van der Waals surface area contributed by atoms with Gasteiger partial charge in [0.1, 0.15) is 12.1 Å². The number of aliphatic carboxylic acids is 1. The molecule has 166 valence electrons. The van der Waals surface area contributed by atoms with Crippen LogP contribution in [0.5, 0.6) is 0 Å². The molecule has 5 atom stereocenters. The Hall–Kier alpha value is -2.24. The van der Waals surface area contributed by atoms with Crippen LogP contribution in [0, 0.1) is 0 Å². The molecule has 1 aliphatic rings. The van der Waals surface area contributed by atoms with Crippen molar-refractivity contribution in [1.29, 1.82) is 0 Å². The summed E-state index contributed by atoms with van der Waals surface area (Å²) in [6.45, 7) is 3.91. The standard InChI is InChI=1S/C18H33N5O6/c1-10(21-16(26)12-7-5-9-20-12)15(25)22-13(6-3-4-8-19)17(27)23-14(11(2)24)18(28)29/h10-14,20,24H,3-9,19H2,1-2H3,(H,21,26)(H,22,25)(H,23,27)(H,28,29). The number of amides is 3. The fraction of sp³-hybridized carbons (Fsp3) is 0.778. The molecule has 11 nitrogen and oxygen atoms in total. The lowest BCUT2D eigenvalue weighted by atomic mass is 10.1. The molecule has 1 rings (SSSR count). The van der Waals surface area contributed by atoms with Gasteiger partial charge >= 0.3 is 5.97 Å². The predicted molar refractivity (Wildman–Crippen MR) is 105 cm³/mol. The fourth-order valence-corrected chi connectivity index (χ4v) is 2.99. The number of hydrogen-bond acceptors (Lipinski definition) is 7. The molecular formula is C18H33N5O6. The molecule has 11 heteroatoms. The summed E-state index contributed by atoms with van der Waals surface area (Å²) in [5, 5.41) is 29.1. The van der Waals surface area contributed by atoms with Crippen LogP contribution in [0.4, 0.5) is 0 Å². The molecule has 0 aliphatic carbocycles. The lowest BCUT2D eigenvalue weighted by molar-refractivity contribution is -0.145. The number of carboxylic acid groups (broad SMARTS) is 1. The maximum Gasteiger partial charge on any atom is 0.328 e. The van der Waals surface area contributed by atoms with E-state index >= 15 is 0 Å². The molecule has 0 aromatic rings. The Balaban J connectivity index is 2.71. The smallest absolute Gasteiger partial charge is 0.328 e. The number of hydrogen-bond donors (Lipinski definition) is 7. The second kappa shape index (κ2) is 12.3. The third-order valence-electron chi connectivity index (χ3n) is 4.75. The van der Waals surface area contributed by atoms with Crippen LogP contribution in [0.2, 0.25) is 0 Å². The number of aliphatic hydroxyl groups is 1. The van der Waals surface area contributed by atoms with Crippen molar-refractivity contribution in [2.24, 2.45) is 5.73 Å². The van der Waals surface area contributed by atoms with Crippen molar-refractivity contribution < 1.29 is 29.4 Å². The Labute approximate surface area is 170 Å². The van der Waals surface area contributed by atoms with Gasteiger partial charge in [-0.1, -0.05) is 0 Å². The molecule has 8 N–H and O–H groups in total. The Morgan fingerprint density at radius 1 is 1.10 bits per heavy atom. The Bertz CT molecular complexity index is 579. The van der Waals surface area contributed by atoms with Crippen molar-refractivity contribution in [1.82, 2.24) is 21.3 Å². The molecule has 1 fully saturated rings. The summed E-state index contributed by atoms with van der Waals surface area (Å²) in [7, 11) is 0. The summed E-state index contributed by atoms with van der Waals surface area (Å²) >= 11 is 0. The van der Waals surface area contributed by atoms with Crippen LogP contribution in [-0.2, 0) is 19.2 Å². The molecule has 0 saturated carbocycles. The van der Waals surface area contributed by atoms with Gasteiger partial charge in [0, 0.05) is 0 Å². The number of rotatable bonds is 12. The Morgan fingerprint density at radius 3 is 2.31 bits per heavy atom. The topological polar surface area (TPSA) is 183 Å². The highest BCUT2D eigenvalue weighted by Gasteiger charge is 2.31. The zero-order chi connectivity index (χ0) is 22.0. The molecule has 0 spiro atoms. The zero-order valence-electron chi connectivity index (χ0n) is 16.9. The van der Waals surface area contributed by atoms with Crippen LogP contribution < -0.4 is 27.0 Å². The highest BCUT2D eigenvalue weighted by Crippen LogP contribution is 2.06. The summed E-state index contributed by atoms with van der Waals surface area (Å²) in [6.07, 6.45) is 1.67. The van der Waals surface area contributed by atoms with Gasteiger partial charge in [-0.05, 0) is 59.0 Å². The van der Waals surface area contributed by atoms with E-state index in [0.29, 0.717) is 25.8 Å². The van der Waals surface area contributed by atoms with Gasteiger partial charge in [0.25, 0.3) is 0 Å². The molecule has 1 aliphatic heterocycles. The number of aliphatic hydroxyl groups excluding tert-OH is 1. The van der Waals surface area contributed by atoms with Crippen molar-refractivity contribution in [3.63, 3.8) is 0 Å². The minimum Gasteiger partial charge on any atom is -0.480 e. The molecule has 5 unspecified atom stereocenters. The number of nitrogens with one attached hydrogen (secondary N) is 4. The largest absolute Gasteiger partial charge is 0.480 e. The lowest BCUT2D eigenvalue weighted by Gasteiger charge is -2.24. The molecular weight excluding hydrogens is 382 g/mol. The van der Waals surface area contributed by atoms with Gasteiger partial charge in [-0.3, -0.25) is 14.4 Å². The maximum absolute atomic E-state index is 12.5. The number of carbonyl (C=O) groups excluding carboxylic acids is 3. The van der Waals surface area contributed by atoms with Crippen molar-refractivity contribution >= 4 is 23.7 Å². The van der Waals surface area contributed by atoms with Crippen LogP contribution in [0.3, 0.4) is 0 Å². The summed E-state index contributed by atoms with van der Waals surface area (Å²) in [4.78, 5) is 48.3. The van der Waals surface area contributed by atoms with E-state index in [0.717, 1.165) is 13.0 Å². The van der Waals surface area contributed by atoms with Crippen LogP contribution in [0.1, 0.15) is 46.0 Å². The van der Waals surface area contributed by atoms with Crippen molar-refractivity contribution in [3.8, 4) is 0 Å². The van der Waals surface area contributed by atoms with Gasteiger partial charge < -0.3 is 37.2 Å². The summed E-state index contributed by atoms with van der Waals surface area (Å²) < 4.78 is 0. The molecule has 0 bridgehead atoms. The van der Waals surface area contributed by atoms with Crippen molar-refractivity contribution in [3.05, 3.63) is 0 Å². The summed E-state index contributed by atoms with van der Waals surface area (Å²) in [5.74, 6) is -2.95. The Kier molecular flexibility index (Phi) is 10.6. The van der Waals surface area contributed by atoms with Crippen LogP contribution >= 0.6 is 0 Å². The molecule has 1 heterocycles. The summed E-state index contributed by atoms with van der Waals surface area (Å²) in [6, 6.07) is -3.72. The quantitative estimate of drug-likeness (QED) is 0.175. The normalized spacial score (nSPS) is 20.2. The van der Waals surface area contributed by atoms with E-state index in [1.54, 1.807) is 0 Å². The van der Waals surface area contributed by atoms with Gasteiger partial charge in [-0.25, -0.2) is 4.79 Å². The molecule has 0 aromatic carbocycles. The van der Waals surface area contributed by atoms with Gasteiger partial charge in [0.05, 0.1) is 12.1 Å². The van der Waals surface area contributed by atoms with E-state index in [1.165, 1.54) is 13.8 Å². The predicted octanol–water partition coefficient (Wildman–Crippen LogP) is -2.19. The number of nitrogens with two attached hydrogens (primary N) is 1. The SMILES string of the molecule is CC(NC(=O)C1CCCN1)C(=O)NC(CCCCN)C(=O)NC(C(=O)O)C(C)O. The highest BCUT2D eigenvalue weighted by molar-refractivity contribution is 5.94. The van der Waals surface area contributed by atoms with Crippen LogP contribution in [-0.4, -0.2) is 77.3 Å². The average molecular weight is 415 g/mol. The molecule has 3 amide bonds. The molecule has 1 saturated heterocycles. The second-order valence-electron chi connectivity index (χ2n) is 7.29. The lowest BCUT2D eigenvalue weighted by Crippen LogP contribution is -2.57. The second-order valence-corrected chi connectivity index (χ2v) is 7.29. The third kappa shape index (κ3) is 8.34. The zero-order valence-corrected chi connectivity index (χ0v) is 16.9. The number of carbonyl (C=O) groups is 4. The van der Waals surface area contributed by atoms with Gasteiger partial charge in [-0.2, -0.15) is 0 Å². The average Bonchev–Trinajstić information content (AvgIpc) is 3.19. The van der Waals surface area contributed by atoms with E-state index in [9.17, 15) is 24.3 Å². The van der Waals surface area contributed by atoms with Crippen molar-refractivity contribution in [2.75, 3.05) is 13.1 Å². The first-order valence-corrected chi connectivity index (χ1v) is 9.92. The Morgan fingerprint density at radius 2 is 1.79 bits per heavy atom. The molecule has 0 aromatic heterocycles. The first kappa shape index (κ1) is 24.8. The minimum atomic E-state index is -1.50.